The number of benzene rings is 1. The number of aryl methyl sites for hydroxylation is 1. The lowest BCUT2D eigenvalue weighted by Gasteiger charge is -2.08. The van der Waals surface area contributed by atoms with E-state index < -0.39 is 0 Å². The molecule has 0 aliphatic rings. The van der Waals surface area contributed by atoms with Crippen LogP contribution in [-0.2, 0) is 0 Å². The molecule has 0 saturated carbocycles. The number of carbonyl (C=O) groups excluding carboxylic acids is 2. The van der Waals surface area contributed by atoms with Gasteiger partial charge < -0.3 is 4.74 Å². The molecule has 80 valence electrons. The van der Waals surface area contributed by atoms with Crippen LogP contribution in [0.5, 0.6) is 5.75 Å². The highest BCUT2D eigenvalue weighted by Crippen LogP contribution is 2.22. The summed E-state index contributed by atoms with van der Waals surface area (Å²) in [5, 5.41) is 0. The van der Waals surface area contributed by atoms with Crippen molar-refractivity contribution >= 4 is 23.7 Å². The monoisotopic (exact) mass is 226 g/mol. The van der Waals surface area contributed by atoms with Crippen LogP contribution in [-0.4, -0.2) is 25.1 Å². The zero-order valence-electron chi connectivity index (χ0n) is 8.54. The lowest BCUT2D eigenvalue weighted by molar-refractivity contribution is 0.101. The van der Waals surface area contributed by atoms with E-state index in [2.05, 4.69) is 0 Å². The number of alkyl halides is 1. The third-order valence-corrected chi connectivity index (χ3v) is 2.36. The van der Waals surface area contributed by atoms with Gasteiger partial charge in [0.1, 0.15) is 5.75 Å². The molecule has 0 spiro atoms. The van der Waals surface area contributed by atoms with Crippen LogP contribution in [0.3, 0.4) is 0 Å². The molecule has 0 aliphatic carbocycles. The van der Waals surface area contributed by atoms with Crippen molar-refractivity contribution in [3.8, 4) is 5.75 Å². The molecule has 0 atom stereocenters. The van der Waals surface area contributed by atoms with Gasteiger partial charge in [0.05, 0.1) is 13.0 Å². The molecule has 0 fully saturated rings. The van der Waals surface area contributed by atoms with E-state index in [-0.39, 0.29) is 11.7 Å². The summed E-state index contributed by atoms with van der Waals surface area (Å²) in [6.07, 6.45) is 0.645. The van der Waals surface area contributed by atoms with E-state index in [1.54, 1.807) is 19.1 Å². The van der Waals surface area contributed by atoms with Gasteiger partial charge >= 0.3 is 0 Å². The van der Waals surface area contributed by atoms with Crippen LogP contribution in [0.1, 0.15) is 26.3 Å². The molecule has 0 bridgehead atoms. The van der Waals surface area contributed by atoms with Gasteiger partial charge in [-0.15, -0.1) is 11.6 Å². The minimum Gasteiger partial charge on any atom is -0.496 e. The van der Waals surface area contributed by atoms with Crippen molar-refractivity contribution in [3.05, 3.63) is 28.8 Å². The van der Waals surface area contributed by atoms with Gasteiger partial charge in [-0.2, -0.15) is 0 Å². The van der Waals surface area contributed by atoms with E-state index >= 15 is 0 Å². The number of aldehydes is 1. The summed E-state index contributed by atoms with van der Waals surface area (Å²) < 4.78 is 5.07. The Hall–Kier alpha value is -1.35. The van der Waals surface area contributed by atoms with Gasteiger partial charge in [-0.05, 0) is 24.6 Å². The molecule has 1 rings (SSSR count). The van der Waals surface area contributed by atoms with E-state index in [0.717, 1.165) is 5.56 Å². The van der Waals surface area contributed by atoms with Gasteiger partial charge in [-0.1, -0.05) is 0 Å². The number of halogens is 1. The van der Waals surface area contributed by atoms with Crippen molar-refractivity contribution in [2.75, 3.05) is 13.0 Å². The van der Waals surface area contributed by atoms with Gasteiger partial charge in [0.2, 0.25) is 0 Å². The molecular weight excluding hydrogens is 216 g/mol. The molecule has 0 radical (unpaired) electrons. The molecule has 15 heavy (non-hydrogen) atoms. The molecule has 0 N–H and O–H groups in total. The summed E-state index contributed by atoms with van der Waals surface area (Å²) >= 11 is 5.44. The Morgan fingerprint density at radius 3 is 2.67 bits per heavy atom. The average molecular weight is 227 g/mol. The predicted octanol–water partition coefficient (Wildman–Crippen LogP) is 2.24. The highest BCUT2D eigenvalue weighted by atomic mass is 35.5. The Bertz CT molecular complexity index is 399. The molecule has 0 heterocycles. The lowest BCUT2D eigenvalue weighted by Crippen LogP contribution is -2.06. The second-order valence-corrected chi connectivity index (χ2v) is 3.35. The van der Waals surface area contributed by atoms with Crippen LogP contribution < -0.4 is 4.74 Å². The second-order valence-electron chi connectivity index (χ2n) is 3.08. The first kappa shape index (κ1) is 11.7. The molecular formula is C11H11ClO3. The van der Waals surface area contributed by atoms with Gasteiger partial charge in [0.25, 0.3) is 0 Å². The SMILES string of the molecule is COc1cc(C(=O)CCl)c(C=O)cc1C. The van der Waals surface area contributed by atoms with Crippen molar-refractivity contribution in [3.63, 3.8) is 0 Å². The molecule has 0 unspecified atom stereocenters. The van der Waals surface area contributed by atoms with E-state index in [0.29, 0.717) is 23.2 Å². The number of carbonyl (C=O) groups is 2. The van der Waals surface area contributed by atoms with Crippen molar-refractivity contribution in [2.24, 2.45) is 0 Å². The first-order valence-electron chi connectivity index (χ1n) is 4.37. The van der Waals surface area contributed by atoms with Crippen LogP contribution >= 0.6 is 11.6 Å². The number of hydrogen-bond acceptors (Lipinski definition) is 3. The highest BCUT2D eigenvalue weighted by molar-refractivity contribution is 6.31. The fraction of sp³-hybridized carbons (Fsp3) is 0.273. The first-order valence-corrected chi connectivity index (χ1v) is 4.90. The minimum atomic E-state index is -0.280. The van der Waals surface area contributed by atoms with Crippen LogP contribution in [0, 0.1) is 6.92 Å². The van der Waals surface area contributed by atoms with Crippen molar-refractivity contribution < 1.29 is 14.3 Å². The molecule has 4 heteroatoms. The number of methoxy groups -OCH3 is 1. The lowest BCUT2D eigenvalue weighted by atomic mass is 10.0. The highest BCUT2D eigenvalue weighted by Gasteiger charge is 2.13. The van der Waals surface area contributed by atoms with Crippen LogP contribution in [0.15, 0.2) is 12.1 Å². The van der Waals surface area contributed by atoms with E-state index in [4.69, 9.17) is 16.3 Å². The molecule has 3 nitrogen and oxygen atoms in total. The smallest absolute Gasteiger partial charge is 0.178 e. The van der Waals surface area contributed by atoms with Crippen LogP contribution in [0.25, 0.3) is 0 Å². The number of rotatable bonds is 4. The fourth-order valence-corrected chi connectivity index (χ4v) is 1.49. The Balaban J connectivity index is 3.34. The molecule has 0 aromatic heterocycles. The maximum absolute atomic E-state index is 11.4. The molecule has 0 saturated heterocycles. The molecule has 0 aliphatic heterocycles. The third kappa shape index (κ3) is 2.36. The number of hydrogen-bond donors (Lipinski definition) is 0. The quantitative estimate of drug-likeness (QED) is 0.449. The largest absolute Gasteiger partial charge is 0.496 e. The zero-order valence-corrected chi connectivity index (χ0v) is 9.30. The van der Waals surface area contributed by atoms with E-state index in [1.807, 2.05) is 0 Å². The standard InChI is InChI=1S/C11H11ClO3/c1-7-3-8(6-13)9(10(14)5-12)4-11(7)15-2/h3-4,6H,5H2,1-2H3. The summed E-state index contributed by atoms with van der Waals surface area (Å²) in [5.41, 5.74) is 1.46. The Kier molecular flexibility index (Phi) is 3.86. The molecule has 0 amide bonds. The summed E-state index contributed by atoms with van der Waals surface area (Å²) in [6, 6.07) is 3.16. The Morgan fingerprint density at radius 2 is 2.20 bits per heavy atom. The maximum Gasteiger partial charge on any atom is 0.178 e. The second kappa shape index (κ2) is 4.94. The van der Waals surface area contributed by atoms with E-state index in [1.165, 1.54) is 7.11 Å². The predicted molar refractivity (Wildman–Crippen MR) is 58.2 cm³/mol. The van der Waals surface area contributed by atoms with Crippen molar-refractivity contribution in [1.29, 1.82) is 0 Å². The Morgan fingerprint density at radius 1 is 1.53 bits per heavy atom. The van der Waals surface area contributed by atoms with Crippen molar-refractivity contribution in [2.45, 2.75) is 6.92 Å². The molecule has 1 aromatic carbocycles. The summed E-state index contributed by atoms with van der Waals surface area (Å²) in [6.45, 7) is 1.81. The number of ether oxygens (including phenoxy) is 1. The number of Topliss-reactive ketones (excluding diaryl/α,β-unsaturated/α-hetero) is 1. The fourth-order valence-electron chi connectivity index (χ4n) is 1.34. The topological polar surface area (TPSA) is 43.4 Å². The number of ketones is 1. The van der Waals surface area contributed by atoms with Crippen molar-refractivity contribution in [1.82, 2.24) is 0 Å². The third-order valence-electron chi connectivity index (χ3n) is 2.12. The van der Waals surface area contributed by atoms with Crippen LogP contribution in [0.2, 0.25) is 0 Å². The van der Waals surface area contributed by atoms with E-state index in [9.17, 15) is 9.59 Å². The normalized spacial score (nSPS) is 9.80. The zero-order chi connectivity index (χ0) is 11.4. The average Bonchev–Trinajstić information content (AvgIpc) is 2.27. The van der Waals surface area contributed by atoms with Gasteiger partial charge in [-0.3, -0.25) is 9.59 Å². The first-order chi connectivity index (χ1) is 7.13. The summed E-state index contributed by atoms with van der Waals surface area (Å²) in [7, 11) is 1.51. The van der Waals surface area contributed by atoms with Gasteiger partial charge in [0, 0.05) is 11.1 Å². The van der Waals surface area contributed by atoms with Crippen LogP contribution in [0.4, 0.5) is 0 Å². The summed E-state index contributed by atoms with van der Waals surface area (Å²) in [4.78, 5) is 22.2. The summed E-state index contributed by atoms with van der Waals surface area (Å²) in [5.74, 6) is 0.152. The maximum atomic E-state index is 11.4. The Labute approximate surface area is 93.0 Å². The molecule has 1 aromatic rings. The van der Waals surface area contributed by atoms with Gasteiger partial charge in [-0.25, -0.2) is 0 Å². The van der Waals surface area contributed by atoms with Gasteiger partial charge in [0.15, 0.2) is 12.1 Å². The minimum absolute atomic E-state index is 0.146.